The van der Waals surface area contributed by atoms with E-state index in [9.17, 15) is 18.3 Å². The molecule has 0 aliphatic carbocycles. The van der Waals surface area contributed by atoms with Crippen LogP contribution in [-0.2, 0) is 11.8 Å². The van der Waals surface area contributed by atoms with Crippen LogP contribution >= 0.6 is 0 Å². The van der Waals surface area contributed by atoms with Crippen molar-refractivity contribution in [2.75, 3.05) is 6.54 Å². The van der Waals surface area contributed by atoms with Gasteiger partial charge in [-0.1, -0.05) is 12.1 Å². The summed E-state index contributed by atoms with van der Waals surface area (Å²) in [5, 5.41) is 17.9. The monoisotopic (exact) mass is 341 g/mol. The molecule has 1 aromatic carbocycles. The molecule has 0 amide bonds. The van der Waals surface area contributed by atoms with Gasteiger partial charge in [0.15, 0.2) is 0 Å². The van der Waals surface area contributed by atoms with Gasteiger partial charge in [0.25, 0.3) is 0 Å². The predicted octanol–water partition coefficient (Wildman–Crippen LogP) is 3.35. The average Bonchev–Trinajstić information content (AvgIpc) is 3.05. The van der Waals surface area contributed by atoms with Gasteiger partial charge in [0.05, 0.1) is 17.2 Å². The van der Waals surface area contributed by atoms with Gasteiger partial charge in [-0.2, -0.15) is 18.3 Å². The maximum Gasteiger partial charge on any atom is 0.416 e. The van der Waals surface area contributed by atoms with Crippen molar-refractivity contribution < 1.29 is 18.3 Å². The second kappa shape index (κ2) is 6.94. The number of alkyl halides is 3. The van der Waals surface area contributed by atoms with Gasteiger partial charge < -0.3 is 10.4 Å². The number of aliphatic hydroxyl groups is 1. The van der Waals surface area contributed by atoms with Crippen molar-refractivity contribution in [2.45, 2.75) is 44.6 Å². The predicted molar refractivity (Wildman–Crippen MR) is 85.4 cm³/mol. The van der Waals surface area contributed by atoms with Crippen LogP contribution in [0.4, 0.5) is 13.2 Å². The quantitative estimate of drug-likeness (QED) is 0.847. The minimum atomic E-state index is -4.43. The van der Waals surface area contributed by atoms with Gasteiger partial charge in [-0.3, -0.25) is 4.68 Å². The second-order valence-electron chi connectivity index (χ2n) is 6.25. The van der Waals surface area contributed by atoms with E-state index < -0.39 is 17.3 Å². The number of aromatic nitrogens is 2. The Kier molecular flexibility index (Phi) is 5.35. The van der Waals surface area contributed by atoms with Gasteiger partial charge in [0.1, 0.15) is 0 Å². The molecule has 0 unspecified atom stereocenters. The van der Waals surface area contributed by atoms with Gasteiger partial charge in [0, 0.05) is 25.0 Å². The summed E-state index contributed by atoms with van der Waals surface area (Å²) in [6, 6.07) is 6.63. The molecule has 0 radical (unpaired) electrons. The highest BCUT2D eigenvalue weighted by Gasteiger charge is 2.33. The first-order chi connectivity index (χ1) is 11.1. The average molecular weight is 341 g/mol. The van der Waals surface area contributed by atoms with E-state index >= 15 is 0 Å². The van der Waals surface area contributed by atoms with Crippen LogP contribution in [0.15, 0.2) is 42.7 Å². The van der Waals surface area contributed by atoms with Crippen LogP contribution in [0.5, 0.6) is 0 Å². The Bertz CT molecular complexity index is 653. The number of hydrogen-bond acceptors (Lipinski definition) is 3. The summed E-state index contributed by atoms with van der Waals surface area (Å²) in [6.07, 6.45) is -0.906. The Morgan fingerprint density at radius 1 is 1.21 bits per heavy atom. The maximum absolute atomic E-state index is 12.8. The van der Waals surface area contributed by atoms with Crippen LogP contribution in [0.25, 0.3) is 0 Å². The molecule has 2 rings (SSSR count). The largest absolute Gasteiger partial charge is 0.416 e. The van der Waals surface area contributed by atoms with E-state index in [1.807, 2.05) is 26.1 Å². The minimum absolute atomic E-state index is 0.0258. The Balaban J connectivity index is 2.05. The van der Waals surface area contributed by atoms with Crippen LogP contribution in [-0.4, -0.2) is 27.5 Å². The molecule has 0 fully saturated rings. The third kappa shape index (κ3) is 4.36. The highest BCUT2D eigenvalue weighted by molar-refractivity contribution is 5.29. The molecule has 0 spiro atoms. The van der Waals surface area contributed by atoms with E-state index in [0.717, 1.165) is 12.1 Å². The first-order valence-electron chi connectivity index (χ1n) is 7.74. The fourth-order valence-electron chi connectivity index (χ4n) is 2.41. The van der Waals surface area contributed by atoms with Crippen LogP contribution in [0.3, 0.4) is 0 Å². The summed E-state index contributed by atoms with van der Waals surface area (Å²) >= 11 is 0. The smallest absolute Gasteiger partial charge is 0.384 e. The molecule has 0 saturated heterocycles. The van der Waals surface area contributed by atoms with Crippen molar-refractivity contribution in [3.05, 3.63) is 53.9 Å². The van der Waals surface area contributed by atoms with Crippen molar-refractivity contribution in [2.24, 2.45) is 0 Å². The lowest BCUT2D eigenvalue weighted by molar-refractivity contribution is -0.137. The molecule has 1 aromatic heterocycles. The lowest BCUT2D eigenvalue weighted by atomic mass is 9.93. The zero-order chi connectivity index (χ0) is 18.0. The highest BCUT2D eigenvalue weighted by Crippen LogP contribution is 2.32. The molecule has 2 aromatic rings. The van der Waals surface area contributed by atoms with Gasteiger partial charge in [-0.05, 0) is 44.5 Å². The Morgan fingerprint density at radius 2 is 1.88 bits per heavy atom. The number of benzene rings is 1. The van der Waals surface area contributed by atoms with E-state index in [0.29, 0.717) is 0 Å². The molecular formula is C17H22F3N3O. The second-order valence-corrected chi connectivity index (χ2v) is 6.25. The lowest BCUT2D eigenvalue weighted by Crippen LogP contribution is -2.42. The first kappa shape index (κ1) is 18.5. The number of nitrogens with one attached hydrogen (secondary N) is 1. The van der Waals surface area contributed by atoms with Crippen LogP contribution < -0.4 is 5.32 Å². The SMILES string of the molecule is C[C@H](NC[C@](C)(O)c1cccc(C(F)(F)F)c1)[C@@H](C)n1cccn1. The van der Waals surface area contributed by atoms with Gasteiger partial charge >= 0.3 is 6.18 Å². The van der Waals surface area contributed by atoms with E-state index in [1.54, 1.807) is 10.9 Å². The summed E-state index contributed by atoms with van der Waals surface area (Å²) < 4.78 is 40.3. The summed E-state index contributed by atoms with van der Waals surface area (Å²) in [4.78, 5) is 0. The fourth-order valence-corrected chi connectivity index (χ4v) is 2.41. The van der Waals surface area contributed by atoms with Crippen LogP contribution in [0.2, 0.25) is 0 Å². The molecule has 0 aliphatic heterocycles. The molecule has 0 saturated carbocycles. The molecule has 2 N–H and O–H groups in total. The van der Waals surface area contributed by atoms with Crippen molar-refractivity contribution in [1.82, 2.24) is 15.1 Å². The maximum atomic E-state index is 12.8. The molecular weight excluding hydrogens is 319 g/mol. The van der Waals surface area contributed by atoms with E-state index in [-0.39, 0.29) is 24.2 Å². The Morgan fingerprint density at radius 3 is 2.46 bits per heavy atom. The van der Waals surface area contributed by atoms with E-state index in [4.69, 9.17) is 0 Å². The van der Waals surface area contributed by atoms with Crippen molar-refractivity contribution in [1.29, 1.82) is 0 Å². The third-order valence-corrected chi connectivity index (χ3v) is 4.25. The Hall–Kier alpha value is -1.86. The van der Waals surface area contributed by atoms with E-state index in [1.165, 1.54) is 19.1 Å². The lowest BCUT2D eigenvalue weighted by Gasteiger charge is -2.29. The summed E-state index contributed by atoms with van der Waals surface area (Å²) in [5.41, 5.74) is -1.96. The van der Waals surface area contributed by atoms with Crippen LogP contribution in [0, 0.1) is 0 Å². The topological polar surface area (TPSA) is 50.1 Å². The summed E-state index contributed by atoms with van der Waals surface area (Å²) in [6.45, 7) is 5.54. The Labute approximate surface area is 139 Å². The zero-order valence-corrected chi connectivity index (χ0v) is 13.9. The van der Waals surface area contributed by atoms with Crippen LogP contribution in [0.1, 0.15) is 37.9 Å². The number of rotatable bonds is 6. The molecule has 0 aliphatic rings. The van der Waals surface area contributed by atoms with Gasteiger partial charge in [0.2, 0.25) is 0 Å². The number of hydrogen-bond donors (Lipinski definition) is 2. The number of nitrogens with zero attached hydrogens (tertiary/aromatic N) is 2. The minimum Gasteiger partial charge on any atom is -0.384 e. The fraction of sp³-hybridized carbons (Fsp3) is 0.471. The third-order valence-electron chi connectivity index (χ3n) is 4.25. The van der Waals surface area contributed by atoms with Crippen molar-refractivity contribution in [3.63, 3.8) is 0 Å². The van der Waals surface area contributed by atoms with Gasteiger partial charge in [-0.15, -0.1) is 0 Å². The number of halogens is 3. The van der Waals surface area contributed by atoms with Crippen molar-refractivity contribution in [3.8, 4) is 0 Å². The zero-order valence-electron chi connectivity index (χ0n) is 13.9. The summed E-state index contributed by atoms with van der Waals surface area (Å²) in [7, 11) is 0. The highest BCUT2D eigenvalue weighted by atomic mass is 19.4. The van der Waals surface area contributed by atoms with Gasteiger partial charge in [-0.25, -0.2) is 0 Å². The van der Waals surface area contributed by atoms with E-state index in [2.05, 4.69) is 10.4 Å². The molecule has 3 atom stereocenters. The molecule has 0 bridgehead atoms. The summed E-state index contributed by atoms with van der Waals surface area (Å²) in [5.74, 6) is 0. The molecule has 132 valence electrons. The normalized spacial score (nSPS) is 17.3. The molecule has 24 heavy (non-hydrogen) atoms. The molecule has 4 nitrogen and oxygen atoms in total. The van der Waals surface area contributed by atoms with Crippen molar-refractivity contribution >= 4 is 0 Å². The standard InChI is InChI=1S/C17H22F3N3O/c1-12(13(2)23-9-5-8-22-23)21-11-16(3,24)14-6-4-7-15(10-14)17(18,19)20/h4-10,12-13,21,24H,11H2,1-3H3/t12-,13+,16-/m0/s1. The first-order valence-corrected chi connectivity index (χ1v) is 7.74. The molecule has 7 heteroatoms. The molecule has 1 heterocycles.